The van der Waals surface area contributed by atoms with Crippen LogP contribution in [-0.2, 0) is 5.54 Å². The highest BCUT2D eigenvalue weighted by Gasteiger charge is 2.34. The zero-order chi connectivity index (χ0) is 17.9. The first-order chi connectivity index (χ1) is 12.1. The number of piperazine rings is 1. The molecule has 1 atom stereocenters. The summed E-state index contributed by atoms with van der Waals surface area (Å²) in [6, 6.07) is 1.19. The first kappa shape index (κ1) is 18.8. The average Bonchev–Trinajstić information content (AvgIpc) is 3.32. The van der Waals surface area contributed by atoms with Crippen molar-refractivity contribution in [2.24, 2.45) is 0 Å². The molecule has 0 radical (unpaired) electrons. The highest BCUT2D eigenvalue weighted by atomic mass is 15.6. The van der Waals surface area contributed by atoms with Crippen molar-refractivity contribution in [1.29, 1.82) is 0 Å². The van der Waals surface area contributed by atoms with Gasteiger partial charge in [-0.3, -0.25) is 9.80 Å². The van der Waals surface area contributed by atoms with E-state index in [1.54, 1.807) is 0 Å². The van der Waals surface area contributed by atoms with E-state index in [0.29, 0.717) is 6.04 Å². The molecule has 3 rings (SSSR count). The van der Waals surface area contributed by atoms with Crippen LogP contribution in [0.3, 0.4) is 0 Å². The minimum absolute atomic E-state index is 0.0313. The number of tetrazole rings is 1. The molecule has 0 amide bonds. The van der Waals surface area contributed by atoms with Gasteiger partial charge in [-0.05, 0) is 50.0 Å². The van der Waals surface area contributed by atoms with Crippen LogP contribution in [0.15, 0.2) is 0 Å². The predicted octanol–water partition coefficient (Wildman–Crippen LogP) is 3.22. The number of aromatic nitrogens is 4. The number of hydrogen-bond acceptors (Lipinski definition) is 5. The van der Waals surface area contributed by atoms with E-state index in [0.717, 1.165) is 44.2 Å². The van der Waals surface area contributed by atoms with Gasteiger partial charge in [0.15, 0.2) is 5.82 Å². The largest absolute Gasteiger partial charge is 0.298 e. The molecule has 1 saturated carbocycles. The maximum Gasteiger partial charge on any atom is 0.168 e. The molecule has 0 N–H and O–H groups in total. The molecule has 1 aliphatic heterocycles. The molecule has 0 aromatic carbocycles. The number of rotatable bonds is 7. The molecule has 0 bridgehead atoms. The van der Waals surface area contributed by atoms with Gasteiger partial charge in [0.25, 0.3) is 0 Å². The Balaban J connectivity index is 1.71. The normalized spacial score (nSPS) is 22.6. The quantitative estimate of drug-likeness (QED) is 0.757. The maximum atomic E-state index is 4.47. The maximum absolute atomic E-state index is 4.47. The van der Waals surface area contributed by atoms with E-state index in [4.69, 9.17) is 0 Å². The van der Waals surface area contributed by atoms with Crippen LogP contribution >= 0.6 is 0 Å². The molecule has 2 heterocycles. The summed E-state index contributed by atoms with van der Waals surface area (Å²) >= 11 is 0. The van der Waals surface area contributed by atoms with Crippen LogP contribution in [-0.4, -0.2) is 62.2 Å². The second-order valence-corrected chi connectivity index (χ2v) is 8.43. The van der Waals surface area contributed by atoms with Gasteiger partial charge in [0.2, 0.25) is 0 Å². The van der Waals surface area contributed by atoms with Crippen LogP contribution in [0.5, 0.6) is 0 Å². The Hall–Kier alpha value is -1.01. The highest BCUT2D eigenvalue weighted by Crippen LogP contribution is 2.31. The van der Waals surface area contributed by atoms with E-state index in [2.05, 4.69) is 57.7 Å². The van der Waals surface area contributed by atoms with Gasteiger partial charge in [0, 0.05) is 32.2 Å². The number of nitrogens with zero attached hydrogens (tertiary/aromatic N) is 6. The molecule has 142 valence electrons. The Labute approximate surface area is 152 Å². The molecule has 6 heteroatoms. The summed E-state index contributed by atoms with van der Waals surface area (Å²) in [4.78, 5) is 5.36. The van der Waals surface area contributed by atoms with Crippen molar-refractivity contribution in [2.75, 3.05) is 26.2 Å². The zero-order valence-electron chi connectivity index (χ0n) is 16.6. The second kappa shape index (κ2) is 8.12. The molecule has 25 heavy (non-hydrogen) atoms. The van der Waals surface area contributed by atoms with Gasteiger partial charge in [0.1, 0.15) is 0 Å². The molecule has 6 nitrogen and oxygen atoms in total. The van der Waals surface area contributed by atoms with Crippen molar-refractivity contribution in [3.8, 4) is 0 Å². The van der Waals surface area contributed by atoms with Crippen LogP contribution in [0, 0.1) is 0 Å². The lowest BCUT2D eigenvalue weighted by atomic mass is 10.0. The smallest absolute Gasteiger partial charge is 0.168 e. The topological polar surface area (TPSA) is 50.1 Å². The van der Waals surface area contributed by atoms with Crippen LogP contribution < -0.4 is 0 Å². The van der Waals surface area contributed by atoms with Gasteiger partial charge < -0.3 is 0 Å². The van der Waals surface area contributed by atoms with Crippen molar-refractivity contribution in [2.45, 2.75) is 90.3 Å². The van der Waals surface area contributed by atoms with E-state index in [1.807, 2.05) is 0 Å². The average molecular weight is 349 g/mol. The summed E-state index contributed by atoms with van der Waals surface area (Å²) in [7, 11) is 0. The lowest BCUT2D eigenvalue weighted by Gasteiger charge is -2.41. The van der Waals surface area contributed by atoms with Crippen LogP contribution in [0.1, 0.15) is 84.5 Å². The minimum Gasteiger partial charge on any atom is -0.298 e. The van der Waals surface area contributed by atoms with Gasteiger partial charge in [-0.1, -0.05) is 33.1 Å². The molecule has 1 aliphatic carbocycles. The monoisotopic (exact) mass is 348 g/mol. The van der Waals surface area contributed by atoms with E-state index in [9.17, 15) is 0 Å². The van der Waals surface area contributed by atoms with E-state index in [1.165, 1.54) is 38.8 Å². The van der Waals surface area contributed by atoms with Crippen LogP contribution in [0.4, 0.5) is 0 Å². The van der Waals surface area contributed by atoms with Gasteiger partial charge >= 0.3 is 0 Å². The first-order valence-corrected chi connectivity index (χ1v) is 10.3. The predicted molar refractivity (Wildman–Crippen MR) is 100 cm³/mol. The SMILES string of the molecule is CCC[C@@H](c1nnnn1C(C)(C)CC)N1CCN(C2CCCC2)CC1. The fourth-order valence-corrected chi connectivity index (χ4v) is 4.41. The molecular formula is C19H36N6. The van der Waals surface area contributed by atoms with Gasteiger partial charge in [-0.15, -0.1) is 5.10 Å². The zero-order valence-corrected chi connectivity index (χ0v) is 16.6. The van der Waals surface area contributed by atoms with Crippen molar-refractivity contribution in [1.82, 2.24) is 30.0 Å². The molecule has 2 aliphatic rings. The van der Waals surface area contributed by atoms with Crippen molar-refractivity contribution < 1.29 is 0 Å². The highest BCUT2D eigenvalue weighted by molar-refractivity contribution is 4.99. The van der Waals surface area contributed by atoms with E-state index in [-0.39, 0.29) is 5.54 Å². The third-order valence-electron chi connectivity index (χ3n) is 6.42. The standard InChI is InChI=1S/C19H36N6/c1-5-9-17(18-20-21-22-25(18)19(3,4)6-2)24-14-12-23(13-15-24)16-10-7-8-11-16/h16-17H,5-15H2,1-4H3/t17-/m0/s1. The molecule has 0 spiro atoms. The summed E-state index contributed by atoms with van der Waals surface area (Å²) in [5.41, 5.74) is -0.0313. The summed E-state index contributed by atoms with van der Waals surface area (Å²) < 4.78 is 2.08. The third kappa shape index (κ3) is 4.05. The molecule has 1 saturated heterocycles. The summed E-state index contributed by atoms with van der Waals surface area (Å²) in [6.07, 6.45) is 8.97. The lowest BCUT2D eigenvalue weighted by Crippen LogP contribution is -2.51. The van der Waals surface area contributed by atoms with Crippen molar-refractivity contribution in [3.63, 3.8) is 0 Å². The Morgan fingerprint density at radius 2 is 1.76 bits per heavy atom. The minimum atomic E-state index is -0.0313. The molecule has 1 aromatic rings. The van der Waals surface area contributed by atoms with Gasteiger partial charge in [0.05, 0.1) is 11.6 Å². The Kier molecular flexibility index (Phi) is 6.10. The van der Waals surface area contributed by atoms with Gasteiger partial charge in [-0.25, -0.2) is 4.68 Å². The lowest BCUT2D eigenvalue weighted by molar-refractivity contribution is 0.0604. The Morgan fingerprint density at radius 3 is 2.36 bits per heavy atom. The molecule has 2 fully saturated rings. The van der Waals surface area contributed by atoms with Crippen LogP contribution in [0.25, 0.3) is 0 Å². The number of hydrogen-bond donors (Lipinski definition) is 0. The Bertz CT molecular complexity index is 526. The molecule has 0 unspecified atom stereocenters. The first-order valence-electron chi connectivity index (χ1n) is 10.3. The molecular weight excluding hydrogens is 312 g/mol. The van der Waals surface area contributed by atoms with Gasteiger partial charge in [-0.2, -0.15) is 0 Å². The second-order valence-electron chi connectivity index (χ2n) is 8.43. The van der Waals surface area contributed by atoms with Crippen molar-refractivity contribution >= 4 is 0 Å². The third-order valence-corrected chi connectivity index (χ3v) is 6.42. The van der Waals surface area contributed by atoms with Crippen LogP contribution in [0.2, 0.25) is 0 Å². The summed E-state index contributed by atoms with van der Waals surface area (Å²) in [6.45, 7) is 13.6. The Morgan fingerprint density at radius 1 is 1.08 bits per heavy atom. The molecule has 1 aromatic heterocycles. The summed E-state index contributed by atoms with van der Waals surface area (Å²) in [5.74, 6) is 1.06. The van der Waals surface area contributed by atoms with E-state index < -0.39 is 0 Å². The van der Waals surface area contributed by atoms with Crippen molar-refractivity contribution in [3.05, 3.63) is 5.82 Å². The summed E-state index contributed by atoms with van der Waals surface area (Å²) in [5, 5.41) is 12.9. The fourth-order valence-electron chi connectivity index (χ4n) is 4.41. The van der Waals surface area contributed by atoms with E-state index >= 15 is 0 Å². The fraction of sp³-hybridized carbons (Fsp3) is 0.947.